The summed E-state index contributed by atoms with van der Waals surface area (Å²) in [5.41, 5.74) is 0. The number of methoxy groups -OCH3 is 1. The van der Waals surface area contributed by atoms with Crippen molar-refractivity contribution < 1.29 is 29.0 Å². The van der Waals surface area contributed by atoms with Gasteiger partial charge in [0.25, 0.3) is 0 Å². The van der Waals surface area contributed by atoms with Crippen LogP contribution in [0.15, 0.2) is 0 Å². The van der Waals surface area contributed by atoms with Gasteiger partial charge in [-0.05, 0) is 0 Å². The van der Waals surface area contributed by atoms with Crippen LogP contribution >= 0.6 is 0 Å². The highest BCUT2D eigenvalue weighted by Gasteiger charge is 2.56. The Morgan fingerprint density at radius 2 is 1.94 bits per heavy atom. The van der Waals surface area contributed by atoms with Crippen LogP contribution in [0.3, 0.4) is 0 Å². The fraction of sp³-hybridized carbons (Fsp3) is 0.727. The highest BCUT2D eigenvalue weighted by atomic mass is 16.6. The lowest BCUT2D eigenvalue weighted by Crippen LogP contribution is -2.49. The number of fused-ring (bicyclic) bond motifs is 2. The van der Waals surface area contributed by atoms with E-state index in [-0.39, 0.29) is 18.6 Å². The van der Waals surface area contributed by atoms with Crippen molar-refractivity contribution in [3.05, 3.63) is 0 Å². The Labute approximate surface area is 104 Å². The Bertz CT molecular complexity index is 395. The maximum absolute atomic E-state index is 11.7. The van der Waals surface area contributed by atoms with Crippen molar-refractivity contribution in [1.29, 1.82) is 0 Å². The van der Waals surface area contributed by atoms with E-state index >= 15 is 0 Å². The molecule has 0 aromatic heterocycles. The third-order valence-electron chi connectivity index (χ3n) is 3.39. The van der Waals surface area contributed by atoms with Gasteiger partial charge in [0, 0.05) is 19.8 Å². The molecule has 2 aliphatic heterocycles. The standard InChI is InChI=1S/C11H15NO6/c1-5(13)18-10-8-4-6(14)3-7(9(10)15)12(8)11(16)17-2/h7-10,15H,3-4H2,1-2H3/t7-,8+,9-,10+/m1/s1. The first-order valence-corrected chi connectivity index (χ1v) is 5.69. The van der Waals surface area contributed by atoms with Gasteiger partial charge in [-0.3, -0.25) is 14.5 Å². The molecule has 4 atom stereocenters. The van der Waals surface area contributed by atoms with E-state index in [2.05, 4.69) is 4.74 Å². The number of carbonyl (C=O) groups excluding carboxylic acids is 3. The summed E-state index contributed by atoms with van der Waals surface area (Å²) in [7, 11) is 1.23. The number of ether oxygens (including phenoxy) is 2. The van der Waals surface area contributed by atoms with Gasteiger partial charge in [0.2, 0.25) is 0 Å². The van der Waals surface area contributed by atoms with Gasteiger partial charge in [0.05, 0.1) is 19.2 Å². The summed E-state index contributed by atoms with van der Waals surface area (Å²) < 4.78 is 9.65. The van der Waals surface area contributed by atoms with Crippen molar-refractivity contribution >= 4 is 17.8 Å². The van der Waals surface area contributed by atoms with Gasteiger partial charge in [-0.1, -0.05) is 0 Å². The molecule has 2 saturated heterocycles. The fourth-order valence-corrected chi connectivity index (χ4v) is 2.71. The van der Waals surface area contributed by atoms with E-state index in [0.29, 0.717) is 0 Å². The van der Waals surface area contributed by atoms with Crippen LogP contribution in [0.2, 0.25) is 0 Å². The summed E-state index contributed by atoms with van der Waals surface area (Å²) in [6, 6.07) is -1.31. The molecule has 7 nitrogen and oxygen atoms in total. The number of nitrogens with zero attached hydrogens (tertiary/aromatic N) is 1. The van der Waals surface area contributed by atoms with Crippen LogP contribution in [0, 0.1) is 0 Å². The summed E-state index contributed by atoms with van der Waals surface area (Å²) in [4.78, 5) is 35.5. The molecule has 2 fully saturated rings. The number of piperidine rings is 1. The molecule has 1 amide bonds. The van der Waals surface area contributed by atoms with Gasteiger partial charge in [-0.25, -0.2) is 4.79 Å². The summed E-state index contributed by atoms with van der Waals surface area (Å²) >= 11 is 0. The van der Waals surface area contributed by atoms with E-state index in [4.69, 9.17) is 4.74 Å². The van der Waals surface area contributed by atoms with E-state index in [1.54, 1.807) is 0 Å². The first-order valence-electron chi connectivity index (χ1n) is 5.69. The maximum Gasteiger partial charge on any atom is 0.410 e. The van der Waals surface area contributed by atoms with Crippen LogP contribution in [-0.2, 0) is 19.1 Å². The average molecular weight is 257 g/mol. The van der Waals surface area contributed by atoms with Crippen LogP contribution in [0.4, 0.5) is 4.79 Å². The topological polar surface area (TPSA) is 93.1 Å². The van der Waals surface area contributed by atoms with Crippen molar-refractivity contribution in [3.8, 4) is 0 Å². The second kappa shape index (κ2) is 4.56. The first kappa shape index (κ1) is 12.8. The minimum absolute atomic E-state index is 0.0566. The zero-order valence-corrected chi connectivity index (χ0v) is 10.2. The summed E-state index contributed by atoms with van der Waals surface area (Å²) in [6.45, 7) is 1.22. The summed E-state index contributed by atoms with van der Waals surface area (Å²) in [6.07, 6.45) is -2.40. The van der Waals surface area contributed by atoms with Crippen molar-refractivity contribution in [2.24, 2.45) is 0 Å². The van der Waals surface area contributed by atoms with Crippen LogP contribution in [-0.4, -0.2) is 59.3 Å². The van der Waals surface area contributed by atoms with Gasteiger partial charge in [-0.2, -0.15) is 0 Å². The number of Topliss-reactive ketones (excluding diaryl/α,β-unsaturated/α-hetero) is 1. The summed E-state index contributed by atoms with van der Waals surface area (Å²) in [5.74, 6) is -0.609. The first-order chi connectivity index (χ1) is 8.45. The highest BCUT2D eigenvalue weighted by molar-refractivity contribution is 5.84. The lowest BCUT2D eigenvalue weighted by Gasteiger charge is -2.32. The molecule has 0 spiro atoms. The molecule has 2 bridgehead atoms. The highest BCUT2D eigenvalue weighted by Crippen LogP contribution is 2.36. The number of rotatable bonds is 1. The lowest BCUT2D eigenvalue weighted by atomic mass is 10.0. The van der Waals surface area contributed by atoms with Crippen molar-refractivity contribution in [3.63, 3.8) is 0 Å². The van der Waals surface area contributed by atoms with Crippen LogP contribution in [0.1, 0.15) is 19.8 Å². The minimum atomic E-state index is -1.05. The molecule has 0 saturated carbocycles. The third kappa shape index (κ3) is 1.94. The molecule has 1 N–H and O–H groups in total. The van der Waals surface area contributed by atoms with E-state index < -0.39 is 36.4 Å². The Balaban J connectivity index is 2.28. The van der Waals surface area contributed by atoms with Crippen molar-refractivity contribution in [1.82, 2.24) is 4.90 Å². The number of amides is 1. The van der Waals surface area contributed by atoms with Crippen LogP contribution in [0.25, 0.3) is 0 Å². The zero-order valence-electron chi connectivity index (χ0n) is 10.2. The number of hydrogen-bond donors (Lipinski definition) is 1. The molecule has 2 heterocycles. The van der Waals surface area contributed by atoms with E-state index in [1.807, 2.05) is 0 Å². The minimum Gasteiger partial charge on any atom is -0.457 e. The summed E-state index contributed by atoms with van der Waals surface area (Å²) in [5, 5.41) is 10.1. The quantitative estimate of drug-likeness (QED) is 0.634. The molecule has 0 radical (unpaired) electrons. The number of ketones is 1. The molecular weight excluding hydrogens is 242 g/mol. The van der Waals surface area contributed by atoms with E-state index in [0.717, 1.165) is 0 Å². The second-order valence-electron chi connectivity index (χ2n) is 4.52. The number of carbonyl (C=O) groups is 3. The smallest absolute Gasteiger partial charge is 0.410 e. The van der Waals surface area contributed by atoms with Crippen LogP contribution in [0.5, 0.6) is 0 Å². The monoisotopic (exact) mass is 257 g/mol. The van der Waals surface area contributed by atoms with Crippen LogP contribution < -0.4 is 0 Å². The molecule has 0 unspecified atom stereocenters. The number of hydrogen-bond acceptors (Lipinski definition) is 6. The maximum atomic E-state index is 11.7. The van der Waals surface area contributed by atoms with Gasteiger partial charge in [0.15, 0.2) is 6.10 Å². The molecule has 7 heteroatoms. The number of esters is 1. The van der Waals surface area contributed by atoms with E-state index in [9.17, 15) is 19.5 Å². The predicted molar refractivity (Wildman–Crippen MR) is 57.6 cm³/mol. The molecule has 100 valence electrons. The predicted octanol–water partition coefficient (Wildman–Crippen LogP) is -0.539. The Morgan fingerprint density at radius 3 is 2.50 bits per heavy atom. The Kier molecular flexibility index (Phi) is 3.25. The molecule has 2 rings (SSSR count). The largest absolute Gasteiger partial charge is 0.457 e. The molecule has 2 aliphatic rings. The molecular formula is C11H15NO6. The Morgan fingerprint density at radius 1 is 1.33 bits per heavy atom. The van der Waals surface area contributed by atoms with Crippen molar-refractivity contribution in [2.75, 3.05) is 7.11 Å². The van der Waals surface area contributed by atoms with Gasteiger partial charge < -0.3 is 14.6 Å². The zero-order chi connectivity index (χ0) is 13.4. The second-order valence-corrected chi connectivity index (χ2v) is 4.52. The number of aliphatic hydroxyl groups excluding tert-OH is 1. The Hall–Kier alpha value is -1.63. The van der Waals surface area contributed by atoms with Crippen molar-refractivity contribution in [2.45, 2.75) is 44.1 Å². The van der Waals surface area contributed by atoms with Gasteiger partial charge in [0.1, 0.15) is 11.9 Å². The third-order valence-corrected chi connectivity index (χ3v) is 3.39. The van der Waals surface area contributed by atoms with Gasteiger partial charge in [-0.15, -0.1) is 0 Å². The molecule has 0 aliphatic carbocycles. The average Bonchev–Trinajstić information content (AvgIpc) is 2.47. The van der Waals surface area contributed by atoms with Gasteiger partial charge >= 0.3 is 12.1 Å². The fourth-order valence-electron chi connectivity index (χ4n) is 2.71. The lowest BCUT2D eigenvalue weighted by molar-refractivity contribution is -0.152. The normalized spacial score (nSPS) is 34.4. The molecule has 0 aromatic rings. The number of aliphatic hydroxyl groups is 1. The van der Waals surface area contributed by atoms with E-state index in [1.165, 1.54) is 18.9 Å². The SMILES string of the molecule is COC(=O)N1[C@@H]2CC(=O)C[C@H]1[C@H](OC(C)=O)[C@@H]2O. The molecule has 0 aromatic carbocycles. The molecule has 18 heavy (non-hydrogen) atoms.